The van der Waals surface area contributed by atoms with Gasteiger partial charge in [-0.2, -0.15) is 5.10 Å². The van der Waals surface area contributed by atoms with Crippen LogP contribution < -0.4 is 5.73 Å². The van der Waals surface area contributed by atoms with Crippen molar-refractivity contribution in [2.75, 3.05) is 39.0 Å². The second-order valence-electron chi connectivity index (χ2n) is 4.31. The quantitative estimate of drug-likeness (QED) is 0.757. The van der Waals surface area contributed by atoms with E-state index in [1.54, 1.807) is 10.7 Å². The van der Waals surface area contributed by atoms with Crippen LogP contribution in [0.3, 0.4) is 0 Å². The lowest BCUT2D eigenvalue weighted by Gasteiger charge is -2.22. The third-order valence-corrected chi connectivity index (χ3v) is 2.89. The van der Waals surface area contributed by atoms with Gasteiger partial charge >= 0.3 is 0 Å². The smallest absolute Gasteiger partial charge is 0.236 e. The molecule has 0 saturated heterocycles. The Labute approximate surface area is 108 Å². The van der Waals surface area contributed by atoms with Crippen LogP contribution >= 0.6 is 0 Å². The van der Waals surface area contributed by atoms with Crippen molar-refractivity contribution in [3.05, 3.63) is 12.3 Å². The van der Waals surface area contributed by atoms with Crippen molar-refractivity contribution in [2.45, 2.75) is 20.4 Å². The number of carbonyl (C=O) groups is 1. The zero-order valence-corrected chi connectivity index (χ0v) is 11.5. The second kappa shape index (κ2) is 7.00. The molecule has 0 aliphatic carbocycles. The van der Waals surface area contributed by atoms with Crippen molar-refractivity contribution in [3.8, 4) is 0 Å². The van der Waals surface area contributed by atoms with Gasteiger partial charge in [0, 0.05) is 25.8 Å². The summed E-state index contributed by atoms with van der Waals surface area (Å²) in [6, 6.07) is 1.76. The molecular weight excluding hydrogens is 230 g/mol. The van der Waals surface area contributed by atoms with E-state index in [2.05, 4.69) is 5.10 Å². The number of carbonyl (C=O) groups excluding carboxylic acids is 1. The van der Waals surface area contributed by atoms with Gasteiger partial charge in [-0.3, -0.25) is 14.4 Å². The molecule has 0 fully saturated rings. The first kappa shape index (κ1) is 14.5. The molecule has 1 amide bonds. The third kappa shape index (κ3) is 4.37. The predicted octanol–water partition coefficient (Wildman–Crippen LogP) is 0.266. The number of rotatable bonds is 7. The molecule has 1 aromatic heterocycles. The molecule has 0 radical (unpaired) electrons. The SMILES string of the molecule is CCN(CC)C(=O)CN(C)CCn1ccc(N)n1. The lowest BCUT2D eigenvalue weighted by molar-refractivity contribution is -0.131. The molecule has 6 heteroatoms. The summed E-state index contributed by atoms with van der Waals surface area (Å²) in [4.78, 5) is 15.7. The summed E-state index contributed by atoms with van der Waals surface area (Å²) >= 11 is 0. The maximum Gasteiger partial charge on any atom is 0.236 e. The number of hydrogen-bond acceptors (Lipinski definition) is 4. The number of nitrogens with zero attached hydrogens (tertiary/aromatic N) is 4. The highest BCUT2D eigenvalue weighted by Gasteiger charge is 2.12. The van der Waals surface area contributed by atoms with E-state index < -0.39 is 0 Å². The Balaban J connectivity index is 2.33. The highest BCUT2D eigenvalue weighted by molar-refractivity contribution is 5.78. The van der Waals surface area contributed by atoms with Crippen molar-refractivity contribution in [1.29, 1.82) is 0 Å². The van der Waals surface area contributed by atoms with Gasteiger partial charge in [0.25, 0.3) is 0 Å². The molecule has 0 aliphatic rings. The molecule has 1 heterocycles. The van der Waals surface area contributed by atoms with Gasteiger partial charge in [0.15, 0.2) is 0 Å². The molecule has 0 unspecified atom stereocenters. The fourth-order valence-corrected chi connectivity index (χ4v) is 1.76. The Hall–Kier alpha value is -1.56. The summed E-state index contributed by atoms with van der Waals surface area (Å²) in [6.07, 6.45) is 1.84. The van der Waals surface area contributed by atoms with Crippen LogP contribution in [0.15, 0.2) is 12.3 Å². The normalized spacial score (nSPS) is 10.9. The fourth-order valence-electron chi connectivity index (χ4n) is 1.76. The zero-order valence-electron chi connectivity index (χ0n) is 11.5. The Morgan fingerprint density at radius 2 is 2.11 bits per heavy atom. The van der Waals surface area contributed by atoms with Crippen molar-refractivity contribution in [3.63, 3.8) is 0 Å². The molecule has 18 heavy (non-hydrogen) atoms. The number of aromatic nitrogens is 2. The van der Waals surface area contributed by atoms with Crippen LogP contribution in [0.5, 0.6) is 0 Å². The summed E-state index contributed by atoms with van der Waals surface area (Å²) in [5.74, 6) is 0.694. The van der Waals surface area contributed by atoms with Crippen molar-refractivity contribution in [2.24, 2.45) is 0 Å². The Morgan fingerprint density at radius 1 is 1.44 bits per heavy atom. The van der Waals surface area contributed by atoms with Gasteiger partial charge < -0.3 is 10.6 Å². The summed E-state index contributed by atoms with van der Waals surface area (Å²) in [6.45, 7) is 7.46. The van der Waals surface area contributed by atoms with Gasteiger partial charge in [-0.25, -0.2) is 0 Å². The van der Waals surface area contributed by atoms with E-state index in [0.29, 0.717) is 12.4 Å². The molecule has 0 bridgehead atoms. The van der Waals surface area contributed by atoms with Crippen LogP contribution in [0.2, 0.25) is 0 Å². The standard InChI is InChI=1S/C12H23N5O/c1-4-16(5-2)12(18)10-15(3)8-9-17-7-6-11(13)14-17/h6-7H,4-5,8-10H2,1-3H3,(H2,13,14). The van der Waals surface area contributed by atoms with Gasteiger partial charge in [-0.1, -0.05) is 0 Å². The summed E-state index contributed by atoms with van der Waals surface area (Å²) < 4.78 is 1.79. The number of likely N-dealkylation sites (N-methyl/N-ethyl adjacent to an activating group) is 2. The van der Waals surface area contributed by atoms with Crippen LogP contribution in [0.1, 0.15) is 13.8 Å². The lowest BCUT2D eigenvalue weighted by atomic mass is 10.4. The van der Waals surface area contributed by atoms with Gasteiger partial charge in [-0.15, -0.1) is 0 Å². The number of nitrogen functional groups attached to an aromatic ring is 1. The Morgan fingerprint density at radius 3 is 2.61 bits per heavy atom. The molecule has 6 nitrogen and oxygen atoms in total. The average Bonchev–Trinajstić information content (AvgIpc) is 2.74. The van der Waals surface area contributed by atoms with Crippen molar-refractivity contribution in [1.82, 2.24) is 19.6 Å². The predicted molar refractivity (Wildman–Crippen MR) is 72.1 cm³/mol. The average molecular weight is 253 g/mol. The van der Waals surface area contributed by atoms with E-state index in [1.807, 2.05) is 36.9 Å². The van der Waals surface area contributed by atoms with E-state index in [4.69, 9.17) is 5.73 Å². The topological polar surface area (TPSA) is 67.4 Å². The number of amides is 1. The van der Waals surface area contributed by atoms with E-state index in [0.717, 1.165) is 26.2 Å². The molecule has 2 N–H and O–H groups in total. The Kier molecular flexibility index (Phi) is 5.64. The van der Waals surface area contributed by atoms with Gasteiger partial charge in [0.05, 0.1) is 13.1 Å². The van der Waals surface area contributed by atoms with Crippen LogP contribution in [0.25, 0.3) is 0 Å². The molecule has 0 aromatic carbocycles. The Bertz CT molecular complexity index is 372. The summed E-state index contributed by atoms with van der Waals surface area (Å²) in [5, 5.41) is 4.10. The maximum absolute atomic E-state index is 11.9. The van der Waals surface area contributed by atoms with Crippen molar-refractivity contribution >= 4 is 11.7 Å². The fraction of sp³-hybridized carbons (Fsp3) is 0.667. The van der Waals surface area contributed by atoms with Crippen LogP contribution in [0.4, 0.5) is 5.82 Å². The highest BCUT2D eigenvalue weighted by Crippen LogP contribution is 1.97. The minimum atomic E-state index is 0.169. The van der Waals surface area contributed by atoms with E-state index in [9.17, 15) is 4.79 Å². The minimum Gasteiger partial charge on any atom is -0.382 e. The van der Waals surface area contributed by atoms with Gasteiger partial charge in [0.2, 0.25) is 5.91 Å². The van der Waals surface area contributed by atoms with Crippen LogP contribution in [0, 0.1) is 0 Å². The summed E-state index contributed by atoms with van der Waals surface area (Å²) in [5.41, 5.74) is 5.54. The largest absolute Gasteiger partial charge is 0.382 e. The molecular formula is C12H23N5O. The first-order chi connectivity index (χ1) is 8.56. The molecule has 1 rings (SSSR count). The van der Waals surface area contributed by atoms with E-state index in [1.165, 1.54) is 0 Å². The second-order valence-corrected chi connectivity index (χ2v) is 4.31. The molecule has 102 valence electrons. The molecule has 0 atom stereocenters. The zero-order chi connectivity index (χ0) is 13.5. The third-order valence-electron chi connectivity index (χ3n) is 2.89. The number of anilines is 1. The monoisotopic (exact) mass is 253 g/mol. The van der Waals surface area contributed by atoms with E-state index in [-0.39, 0.29) is 5.91 Å². The van der Waals surface area contributed by atoms with Crippen LogP contribution in [-0.2, 0) is 11.3 Å². The highest BCUT2D eigenvalue weighted by atomic mass is 16.2. The van der Waals surface area contributed by atoms with Crippen LogP contribution in [-0.4, -0.2) is 58.7 Å². The lowest BCUT2D eigenvalue weighted by Crippen LogP contribution is -2.39. The summed E-state index contributed by atoms with van der Waals surface area (Å²) in [7, 11) is 1.94. The molecule has 0 aliphatic heterocycles. The number of nitrogens with two attached hydrogens (primary N) is 1. The molecule has 0 spiro atoms. The molecule has 0 saturated carbocycles. The van der Waals surface area contributed by atoms with Crippen molar-refractivity contribution < 1.29 is 4.79 Å². The number of hydrogen-bond donors (Lipinski definition) is 1. The van der Waals surface area contributed by atoms with Gasteiger partial charge in [0.1, 0.15) is 5.82 Å². The molecule has 1 aromatic rings. The maximum atomic E-state index is 11.9. The van der Waals surface area contributed by atoms with E-state index >= 15 is 0 Å². The minimum absolute atomic E-state index is 0.169. The van der Waals surface area contributed by atoms with Gasteiger partial charge in [-0.05, 0) is 27.0 Å². The first-order valence-electron chi connectivity index (χ1n) is 6.32. The first-order valence-corrected chi connectivity index (χ1v) is 6.32.